The van der Waals surface area contributed by atoms with Gasteiger partial charge in [0.05, 0.1) is 0 Å². The Morgan fingerprint density at radius 2 is 2.21 bits per heavy atom. The van der Waals surface area contributed by atoms with E-state index in [-0.39, 0.29) is 0 Å². The molecule has 5 nitrogen and oxygen atoms in total. The molecule has 0 amide bonds. The predicted molar refractivity (Wildman–Crippen MR) is 72.2 cm³/mol. The number of rotatable bonds is 6. The van der Waals surface area contributed by atoms with Gasteiger partial charge in [0.1, 0.15) is 23.7 Å². The van der Waals surface area contributed by atoms with E-state index in [1.54, 1.807) is 0 Å². The summed E-state index contributed by atoms with van der Waals surface area (Å²) in [5.41, 5.74) is 2.37. The van der Waals surface area contributed by atoms with E-state index in [1.165, 1.54) is 0 Å². The number of benzene rings is 1. The maximum Gasteiger partial charge on any atom is 0.145 e. The van der Waals surface area contributed by atoms with Crippen molar-refractivity contribution in [2.45, 2.75) is 27.0 Å². The third kappa shape index (κ3) is 3.45. The van der Waals surface area contributed by atoms with E-state index in [1.807, 2.05) is 32.0 Å². The van der Waals surface area contributed by atoms with Crippen LogP contribution in [0, 0.1) is 6.92 Å². The average Bonchev–Trinajstić information content (AvgIpc) is 2.81. The quantitative estimate of drug-likeness (QED) is 0.882. The molecule has 1 aromatic carbocycles. The highest BCUT2D eigenvalue weighted by Crippen LogP contribution is 2.27. The van der Waals surface area contributed by atoms with E-state index in [4.69, 9.17) is 16.3 Å². The molecule has 0 bridgehead atoms. The molecular formula is C13H16ClN3O2. The standard InChI is InChI=1S/C13H16ClN3O2/c1-3-15-7-10-11(14)5-4-6-13(10)18-8-12-9(2)16-19-17-12/h4-6,15H,3,7-8H2,1-2H3. The van der Waals surface area contributed by atoms with Crippen molar-refractivity contribution in [1.82, 2.24) is 15.6 Å². The van der Waals surface area contributed by atoms with Gasteiger partial charge in [-0.25, -0.2) is 4.63 Å². The summed E-state index contributed by atoms with van der Waals surface area (Å²) in [4.78, 5) is 0. The SMILES string of the molecule is CCNCc1c(Cl)cccc1OCc1nonc1C. The smallest absolute Gasteiger partial charge is 0.145 e. The highest BCUT2D eigenvalue weighted by molar-refractivity contribution is 6.31. The summed E-state index contributed by atoms with van der Waals surface area (Å²) in [6.07, 6.45) is 0. The lowest BCUT2D eigenvalue weighted by Crippen LogP contribution is -2.13. The fourth-order valence-corrected chi connectivity index (χ4v) is 1.85. The molecule has 0 spiro atoms. The van der Waals surface area contributed by atoms with Gasteiger partial charge >= 0.3 is 0 Å². The van der Waals surface area contributed by atoms with Crippen molar-refractivity contribution in [3.63, 3.8) is 0 Å². The van der Waals surface area contributed by atoms with Gasteiger partial charge in [-0.1, -0.05) is 34.9 Å². The van der Waals surface area contributed by atoms with Crippen LogP contribution in [-0.2, 0) is 13.2 Å². The zero-order valence-electron chi connectivity index (χ0n) is 10.9. The average molecular weight is 282 g/mol. The molecule has 1 N–H and O–H groups in total. The van der Waals surface area contributed by atoms with Gasteiger partial charge in [-0.3, -0.25) is 0 Å². The van der Waals surface area contributed by atoms with Crippen molar-refractivity contribution in [1.29, 1.82) is 0 Å². The number of halogens is 1. The number of nitrogens with zero attached hydrogens (tertiary/aromatic N) is 2. The predicted octanol–water partition coefficient (Wildman–Crippen LogP) is 2.72. The number of aromatic nitrogens is 2. The Labute approximate surface area is 116 Å². The van der Waals surface area contributed by atoms with E-state index in [9.17, 15) is 0 Å². The van der Waals surface area contributed by atoms with Gasteiger partial charge in [0.15, 0.2) is 0 Å². The minimum Gasteiger partial charge on any atom is -0.487 e. The second-order valence-corrected chi connectivity index (χ2v) is 4.49. The molecule has 0 unspecified atom stereocenters. The van der Waals surface area contributed by atoms with E-state index >= 15 is 0 Å². The molecule has 2 aromatic rings. The zero-order chi connectivity index (χ0) is 13.7. The number of hydrogen-bond donors (Lipinski definition) is 1. The molecular weight excluding hydrogens is 266 g/mol. The maximum atomic E-state index is 6.19. The minimum atomic E-state index is 0.314. The van der Waals surface area contributed by atoms with E-state index in [2.05, 4.69) is 20.3 Å². The Bertz CT molecular complexity index is 542. The molecule has 0 radical (unpaired) electrons. The summed E-state index contributed by atoms with van der Waals surface area (Å²) in [6, 6.07) is 5.60. The van der Waals surface area contributed by atoms with Gasteiger partial charge < -0.3 is 10.1 Å². The fourth-order valence-electron chi connectivity index (χ4n) is 1.62. The normalized spacial score (nSPS) is 10.7. The minimum absolute atomic E-state index is 0.314. The lowest BCUT2D eigenvalue weighted by Gasteiger charge is -2.12. The highest BCUT2D eigenvalue weighted by atomic mass is 35.5. The molecule has 0 saturated heterocycles. The van der Waals surface area contributed by atoms with E-state index in [0.717, 1.165) is 23.6 Å². The van der Waals surface area contributed by atoms with Crippen LogP contribution >= 0.6 is 11.6 Å². The molecule has 0 fully saturated rings. The van der Waals surface area contributed by atoms with Gasteiger partial charge in [-0.2, -0.15) is 0 Å². The van der Waals surface area contributed by atoms with Crippen LogP contribution in [0.2, 0.25) is 5.02 Å². The first-order chi connectivity index (χ1) is 9.22. The number of nitrogens with one attached hydrogen (secondary N) is 1. The van der Waals surface area contributed by atoms with Crippen LogP contribution < -0.4 is 10.1 Å². The summed E-state index contributed by atoms with van der Waals surface area (Å²) in [5.74, 6) is 0.746. The molecule has 6 heteroatoms. The highest BCUT2D eigenvalue weighted by Gasteiger charge is 2.10. The van der Waals surface area contributed by atoms with Gasteiger partial charge in [0, 0.05) is 17.1 Å². The lowest BCUT2D eigenvalue weighted by atomic mass is 10.2. The van der Waals surface area contributed by atoms with Crippen molar-refractivity contribution in [3.05, 3.63) is 40.2 Å². The molecule has 19 heavy (non-hydrogen) atoms. The van der Waals surface area contributed by atoms with Crippen molar-refractivity contribution < 1.29 is 9.37 Å². The second-order valence-electron chi connectivity index (χ2n) is 4.08. The Morgan fingerprint density at radius 3 is 2.89 bits per heavy atom. The van der Waals surface area contributed by atoms with Gasteiger partial charge in [-0.15, -0.1) is 0 Å². The number of aryl methyl sites for hydroxylation is 1. The molecule has 2 rings (SSSR count). The molecule has 0 aliphatic rings. The first-order valence-corrected chi connectivity index (χ1v) is 6.49. The Hall–Kier alpha value is -1.59. The van der Waals surface area contributed by atoms with Crippen LogP contribution in [0.3, 0.4) is 0 Å². The largest absolute Gasteiger partial charge is 0.487 e. The van der Waals surface area contributed by atoms with Crippen LogP contribution in [0.4, 0.5) is 0 Å². The van der Waals surface area contributed by atoms with Crippen molar-refractivity contribution in [3.8, 4) is 5.75 Å². The molecule has 0 atom stereocenters. The van der Waals surface area contributed by atoms with Crippen molar-refractivity contribution in [2.24, 2.45) is 0 Å². The van der Waals surface area contributed by atoms with E-state index in [0.29, 0.717) is 23.9 Å². The molecule has 1 aromatic heterocycles. The first kappa shape index (κ1) is 13.8. The first-order valence-electron chi connectivity index (χ1n) is 6.11. The van der Waals surface area contributed by atoms with Crippen molar-refractivity contribution >= 4 is 11.6 Å². The van der Waals surface area contributed by atoms with Gasteiger partial charge in [0.2, 0.25) is 0 Å². The molecule has 1 heterocycles. The van der Waals surface area contributed by atoms with Crippen LogP contribution in [0.25, 0.3) is 0 Å². The topological polar surface area (TPSA) is 60.2 Å². The summed E-state index contributed by atoms with van der Waals surface area (Å²) < 4.78 is 10.4. The van der Waals surface area contributed by atoms with Crippen LogP contribution in [0.15, 0.2) is 22.8 Å². The summed E-state index contributed by atoms with van der Waals surface area (Å²) in [6.45, 7) is 5.72. The zero-order valence-corrected chi connectivity index (χ0v) is 11.7. The lowest BCUT2D eigenvalue weighted by molar-refractivity contribution is 0.268. The van der Waals surface area contributed by atoms with Gasteiger partial charge in [0.25, 0.3) is 0 Å². The van der Waals surface area contributed by atoms with Crippen molar-refractivity contribution in [2.75, 3.05) is 6.54 Å². The molecule has 0 saturated carbocycles. The number of ether oxygens (including phenoxy) is 1. The Balaban J connectivity index is 2.11. The van der Waals surface area contributed by atoms with Crippen LogP contribution in [0.5, 0.6) is 5.75 Å². The summed E-state index contributed by atoms with van der Waals surface area (Å²) in [5, 5.41) is 11.4. The van der Waals surface area contributed by atoms with Crippen LogP contribution in [-0.4, -0.2) is 16.9 Å². The maximum absolute atomic E-state index is 6.19. The van der Waals surface area contributed by atoms with Gasteiger partial charge in [-0.05, 0) is 25.6 Å². The molecule has 0 aliphatic heterocycles. The third-order valence-corrected chi connectivity index (χ3v) is 3.09. The third-order valence-electron chi connectivity index (χ3n) is 2.74. The second kappa shape index (κ2) is 6.54. The fraction of sp³-hybridized carbons (Fsp3) is 0.385. The monoisotopic (exact) mass is 281 g/mol. The summed E-state index contributed by atoms with van der Waals surface area (Å²) in [7, 11) is 0. The Morgan fingerprint density at radius 1 is 1.37 bits per heavy atom. The van der Waals surface area contributed by atoms with Crippen LogP contribution in [0.1, 0.15) is 23.9 Å². The number of hydrogen-bond acceptors (Lipinski definition) is 5. The molecule has 102 valence electrons. The molecule has 0 aliphatic carbocycles. The summed E-state index contributed by atoms with van der Waals surface area (Å²) >= 11 is 6.19. The Kier molecular flexibility index (Phi) is 4.76. The van der Waals surface area contributed by atoms with E-state index < -0.39 is 0 Å².